The molecule has 33 heavy (non-hydrogen) atoms. The molecule has 0 unspecified atom stereocenters. The number of carbonyl (C=O) groups excluding carboxylic acids is 2. The number of nitrogens with one attached hydrogen (secondary N) is 1. The summed E-state index contributed by atoms with van der Waals surface area (Å²) in [4.78, 5) is 27.1. The molecule has 2 amide bonds. The van der Waals surface area contributed by atoms with Crippen LogP contribution in [0.3, 0.4) is 0 Å². The van der Waals surface area contributed by atoms with Gasteiger partial charge in [-0.1, -0.05) is 42.5 Å². The van der Waals surface area contributed by atoms with Crippen molar-refractivity contribution in [2.75, 3.05) is 4.90 Å². The molecule has 4 aromatic rings. The Morgan fingerprint density at radius 2 is 1.64 bits per heavy atom. The second kappa shape index (κ2) is 10.4. The summed E-state index contributed by atoms with van der Waals surface area (Å²) < 4.78 is 18.9. The van der Waals surface area contributed by atoms with Crippen LogP contribution >= 0.6 is 0 Å². The van der Waals surface area contributed by atoms with Crippen LogP contribution in [0.4, 0.5) is 10.1 Å². The molecule has 166 valence electrons. The average Bonchev–Trinajstić information content (AvgIpc) is 3.36. The van der Waals surface area contributed by atoms with Crippen LogP contribution in [-0.2, 0) is 24.3 Å². The molecule has 0 bridgehead atoms. The van der Waals surface area contributed by atoms with E-state index in [1.54, 1.807) is 71.8 Å². The van der Waals surface area contributed by atoms with Crippen molar-refractivity contribution in [3.63, 3.8) is 0 Å². The number of benzene rings is 3. The smallest absolute Gasteiger partial charge is 0.258 e. The first-order valence-electron chi connectivity index (χ1n) is 10.6. The molecule has 0 saturated carbocycles. The normalized spacial score (nSPS) is 10.6. The van der Waals surface area contributed by atoms with Crippen LogP contribution < -0.4 is 10.2 Å². The van der Waals surface area contributed by atoms with Gasteiger partial charge in [-0.15, -0.1) is 0 Å². The van der Waals surface area contributed by atoms with Crippen LogP contribution in [0.15, 0.2) is 102 Å². The summed E-state index contributed by atoms with van der Waals surface area (Å²) >= 11 is 0. The van der Waals surface area contributed by atoms with Gasteiger partial charge in [-0.2, -0.15) is 0 Å². The highest BCUT2D eigenvalue weighted by atomic mass is 19.1. The van der Waals surface area contributed by atoms with Crippen LogP contribution in [0.2, 0.25) is 0 Å². The van der Waals surface area contributed by atoms with Crippen molar-refractivity contribution >= 4 is 17.5 Å². The van der Waals surface area contributed by atoms with Crippen molar-refractivity contribution in [1.82, 2.24) is 5.32 Å². The van der Waals surface area contributed by atoms with Crippen molar-refractivity contribution in [3.8, 4) is 0 Å². The topological polar surface area (TPSA) is 62.6 Å². The molecular formula is C27H23FN2O3. The van der Waals surface area contributed by atoms with E-state index in [1.807, 2.05) is 18.2 Å². The fourth-order valence-electron chi connectivity index (χ4n) is 3.48. The lowest BCUT2D eigenvalue weighted by Crippen LogP contribution is -2.30. The molecule has 4 rings (SSSR count). The Bertz CT molecular complexity index is 1210. The molecular weight excluding hydrogens is 419 g/mol. The number of rotatable bonds is 8. The Hall–Kier alpha value is -4.19. The number of furan rings is 1. The van der Waals surface area contributed by atoms with Gasteiger partial charge in [0.2, 0.25) is 5.91 Å². The minimum atomic E-state index is -0.351. The van der Waals surface area contributed by atoms with Gasteiger partial charge >= 0.3 is 0 Å². The highest BCUT2D eigenvalue weighted by molar-refractivity contribution is 6.06. The molecule has 6 heteroatoms. The van der Waals surface area contributed by atoms with Gasteiger partial charge in [0, 0.05) is 11.3 Å². The lowest BCUT2D eigenvalue weighted by Gasteiger charge is -2.23. The van der Waals surface area contributed by atoms with Crippen molar-refractivity contribution < 1.29 is 18.4 Å². The molecule has 1 N–H and O–H groups in total. The Morgan fingerprint density at radius 3 is 2.33 bits per heavy atom. The van der Waals surface area contributed by atoms with Crippen LogP contribution in [0.5, 0.6) is 0 Å². The van der Waals surface area contributed by atoms with Gasteiger partial charge in [0.1, 0.15) is 11.6 Å². The number of hydrogen-bond donors (Lipinski definition) is 1. The summed E-state index contributed by atoms with van der Waals surface area (Å²) in [7, 11) is 0. The fourth-order valence-corrected chi connectivity index (χ4v) is 3.48. The van der Waals surface area contributed by atoms with E-state index >= 15 is 0 Å². The van der Waals surface area contributed by atoms with Crippen molar-refractivity contribution in [1.29, 1.82) is 0 Å². The molecule has 0 aliphatic rings. The van der Waals surface area contributed by atoms with E-state index in [9.17, 15) is 14.0 Å². The van der Waals surface area contributed by atoms with E-state index in [0.717, 1.165) is 5.56 Å². The predicted octanol–water partition coefficient (Wildman–Crippen LogP) is 5.12. The van der Waals surface area contributed by atoms with Crippen LogP contribution in [0.1, 0.15) is 27.2 Å². The maximum Gasteiger partial charge on any atom is 0.258 e. The average molecular weight is 442 g/mol. The minimum Gasteiger partial charge on any atom is -0.467 e. The van der Waals surface area contributed by atoms with Crippen LogP contribution in [0, 0.1) is 5.82 Å². The number of amides is 2. The molecule has 1 heterocycles. The second-order valence-corrected chi connectivity index (χ2v) is 7.59. The minimum absolute atomic E-state index is 0.129. The van der Waals surface area contributed by atoms with E-state index in [1.165, 1.54) is 12.1 Å². The lowest BCUT2D eigenvalue weighted by molar-refractivity contribution is -0.120. The van der Waals surface area contributed by atoms with Gasteiger partial charge in [-0.05, 0) is 59.7 Å². The summed E-state index contributed by atoms with van der Waals surface area (Å²) in [6.45, 7) is 0.547. The summed E-state index contributed by atoms with van der Waals surface area (Å²) in [5.74, 6) is 0.0153. The van der Waals surface area contributed by atoms with Crippen molar-refractivity contribution in [3.05, 3.63) is 126 Å². The monoisotopic (exact) mass is 442 g/mol. The highest BCUT2D eigenvalue weighted by Gasteiger charge is 2.18. The summed E-state index contributed by atoms with van der Waals surface area (Å²) in [6.07, 6.45) is 1.77. The summed E-state index contributed by atoms with van der Waals surface area (Å²) in [5, 5.41) is 2.82. The van der Waals surface area contributed by atoms with Crippen LogP contribution in [-0.4, -0.2) is 11.8 Å². The van der Waals surface area contributed by atoms with E-state index in [0.29, 0.717) is 29.1 Å². The third-order valence-corrected chi connectivity index (χ3v) is 5.15. The van der Waals surface area contributed by atoms with E-state index in [4.69, 9.17) is 4.42 Å². The van der Waals surface area contributed by atoms with Gasteiger partial charge < -0.3 is 14.6 Å². The Balaban J connectivity index is 1.50. The number of halogens is 1. The van der Waals surface area contributed by atoms with Gasteiger partial charge in [0.05, 0.1) is 25.8 Å². The molecule has 3 aromatic carbocycles. The Labute approximate surface area is 191 Å². The molecule has 1 aromatic heterocycles. The third kappa shape index (κ3) is 5.95. The molecule has 0 saturated heterocycles. The van der Waals surface area contributed by atoms with E-state index in [-0.39, 0.29) is 30.6 Å². The van der Waals surface area contributed by atoms with Gasteiger partial charge in [-0.25, -0.2) is 4.39 Å². The molecule has 5 nitrogen and oxygen atoms in total. The zero-order valence-electron chi connectivity index (χ0n) is 17.9. The molecule has 0 radical (unpaired) electrons. The number of anilines is 1. The first-order valence-corrected chi connectivity index (χ1v) is 10.6. The fraction of sp³-hybridized carbons (Fsp3) is 0.111. The lowest BCUT2D eigenvalue weighted by atomic mass is 10.1. The molecule has 0 aliphatic heterocycles. The first-order chi connectivity index (χ1) is 16.1. The Morgan fingerprint density at radius 1 is 0.848 bits per heavy atom. The zero-order valence-corrected chi connectivity index (χ0v) is 17.9. The maximum absolute atomic E-state index is 13.7. The van der Waals surface area contributed by atoms with E-state index in [2.05, 4.69) is 5.32 Å². The summed E-state index contributed by atoms with van der Waals surface area (Å²) in [5.41, 5.74) is 2.69. The highest BCUT2D eigenvalue weighted by Crippen LogP contribution is 2.22. The van der Waals surface area contributed by atoms with Crippen LogP contribution in [0.25, 0.3) is 0 Å². The number of carbonyl (C=O) groups is 2. The molecule has 0 aliphatic carbocycles. The van der Waals surface area contributed by atoms with Crippen molar-refractivity contribution in [2.45, 2.75) is 19.5 Å². The predicted molar refractivity (Wildman–Crippen MR) is 124 cm³/mol. The third-order valence-electron chi connectivity index (χ3n) is 5.15. The van der Waals surface area contributed by atoms with E-state index < -0.39 is 0 Å². The second-order valence-electron chi connectivity index (χ2n) is 7.59. The molecule has 0 spiro atoms. The largest absolute Gasteiger partial charge is 0.467 e. The molecule has 0 atom stereocenters. The SMILES string of the molecule is O=C(Cc1ccc(N(Cc2cccc(F)c2)C(=O)c2ccccc2)cc1)NCc1ccco1. The maximum atomic E-state index is 13.7. The number of nitrogens with zero attached hydrogens (tertiary/aromatic N) is 1. The van der Waals surface area contributed by atoms with Crippen molar-refractivity contribution in [2.24, 2.45) is 0 Å². The zero-order chi connectivity index (χ0) is 23.0. The molecule has 0 fully saturated rings. The Kier molecular flexibility index (Phi) is 6.95. The standard InChI is InChI=1S/C27H23FN2O3/c28-23-9-4-6-21(16-23)19-30(27(32)22-7-2-1-3-8-22)24-13-11-20(12-14-24)17-26(31)29-18-25-10-5-15-33-25/h1-16H,17-19H2,(H,29,31). The first kappa shape index (κ1) is 22.0. The number of hydrogen-bond acceptors (Lipinski definition) is 3. The van der Waals surface area contributed by atoms with Gasteiger partial charge in [-0.3, -0.25) is 9.59 Å². The quantitative estimate of drug-likeness (QED) is 0.412. The summed E-state index contributed by atoms with van der Waals surface area (Å²) in [6, 6.07) is 26.0. The van der Waals surface area contributed by atoms with Gasteiger partial charge in [0.25, 0.3) is 5.91 Å². The van der Waals surface area contributed by atoms with Gasteiger partial charge in [0.15, 0.2) is 0 Å².